The van der Waals surface area contributed by atoms with E-state index in [9.17, 15) is 9.18 Å². The third-order valence-electron chi connectivity index (χ3n) is 3.83. The number of benzene rings is 1. The highest BCUT2D eigenvalue weighted by atomic mass is 35.5. The number of H-pyrrole nitrogens is 1. The molecule has 4 nitrogen and oxygen atoms in total. The maximum atomic E-state index is 13.3. The lowest BCUT2D eigenvalue weighted by molar-refractivity contribution is 0.627. The van der Waals surface area contributed by atoms with Gasteiger partial charge in [-0.1, -0.05) is 35.9 Å². The molecule has 4 rings (SSSR count). The molecule has 2 aromatic heterocycles. The van der Waals surface area contributed by atoms with E-state index in [1.165, 1.54) is 16.6 Å². The van der Waals surface area contributed by atoms with Crippen LogP contribution in [-0.4, -0.2) is 14.6 Å². The molecular formula is C17H11ClFN3O. The van der Waals surface area contributed by atoms with E-state index < -0.39 is 5.82 Å². The Morgan fingerprint density at radius 1 is 1.30 bits per heavy atom. The third kappa shape index (κ3) is 2.29. The molecule has 1 aliphatic rings. The van der Waals surface area contributed by atoms with E-state index in [4.69, 9.17) is 11.6 Å². The van der Waals surface area contributed by atoms with E-state index in [-0.39, 0.29) is 10.6 Å². The zero-order valence-corrected chi connectivity index (χ0v) is 12.6. The van der Waals surface area contributed by atoms with Crippen molar-refractivity contribution in [1.29, 1.82) is 0 Å². The molecule has 0 bridgehead atoms. The van der Waals surface area contributed by atoms with Crippen LogP contribution >= 0.6 is 11.6 Å². The molecule has 0 saturated carbocycles. The maximum absolute atomic E-state index is 13.3. The minimum absolute atomic E-state index is 0.0424. The first kappa shape index (κ1) is 14.0. The Bertz CT molecular complexity index is 1050. The highest BCUT2D eigenvalue weighted by Crippen LogP contribution is 2.25. The SMILES string of the molecule is O=c1c(Cc2ccc(F)c(Cl)c2)c(C2=CC=C2)nc2cc[nH]n12. The number of aromatic nitrogens is 3. The highest BCUT2D eigenvalue weighted by molar-refractivity contribution is 6.30. The Hall–Kier alpha value is -2.66. The molecule has 1 aliphatic carbocycles. The third-order valence-corrected chi connectivity index (χ3v) is 4.12. The van der Waals surface area contributed by atoms with Crippen molar-refractivity contribution < 1.29 is 4.39 Å². The number of nitrogens with one attached hydrogen (secondary N) is 1. The van der Waals surface area contributed by atoms with Crippen molar-refractivity contribution >= 4 is 22.8 Å². The van der Waals surface area contributed by atoms with Gasteiger partial charge in [0.05, 0.1) is 16.3 Å². The first-order chi connectivity index (χ1) is 11.1. The zero-order valence-electron chi connectivity index (χ0n) is 11.9. The molecule has 0 atom stereocenters. The summed E-state index contributed by atoms with van der Waals surface area (Å²) in [6, 6.07) is 6.21. The van der Waals surface area contributed by atoms with Gasteiger partial charge in [-0.05, 0) is 17.7 Å². The number of rotatable bonds is 3. The van der Waals surface area contributed by atoms with Gasteiger partial charge in [-0.25, -0.2) is 13.9 Å². The fourth-order valence-corrected chi connectivity index (χ4v) is 2.80. The van der Waals surface area contributed by atoms with Gasteiger partial charge in [0.15, 0.2) is 5.65 Å². The molecule has 23 heavy (non-hydrogen) atoms. The molecule has 1 aromatic carbocycles. The molecule has 0 unspecified atom stereocenters. The molecule has 0 radical (unpaired) electrons. The monoisotopic (exact) mass is 327 g/mol. The molecule has 0 amide bonds. The second-order valence-electron chi connectivity index (χ2n) is 5.31. The van der Waals surface area contributed by atoms with E-state index in [0.717, 1.165) is 11.1 Å². The molecule has 6 heteroatoms. The topological polar surface area (TPSA) is 50.2 Å². The summed E-state index contributed by atoms with van der Waals surface area (Å²) < 4.78 is 14.7. The van der Waals surface area contributed by atoms with E-state index in [0.29, 0.717) is 23.3 Å². The Morgan fingerprint density at radius 2 is 2.13 bits per heavy atom. The number of fused-ring (bicyclic) bond motifs is 1. The molecule has 0 aliphatic heterocycles. The summed E-state index contributed by atoms with van der Waals surface area (Å²) in [4.78, 5) is 17.3. The van der Waals surface area contributed by atoms with Crippen molar-refractivity contribution in [1.82, 2.24) is 14.6 Å². The molecule has 1 N–H and O–H groups in total. The Labute approximate surface area is 135 Å². The van der Waals surface area contributed by atoms with E-state index >= 15 is 0 Å². The standard InChI is InChI=1S/C17H11ClFN3O/c18-13-9-10(4-5-14(13)19)8-12-16(11-2-1-3-11)21-15-6-7-20-22(15)17(12)23/h1-7,9,20H,8H2. The summed E-state index contributed by atoms with van der Waals surface area (Å²) >= 11 is 5.84. The van der Waals surface area contributed by atoms with Gasteiger partial charge < -0.3 is 0 Å². The summed E-state index contributed by atoms with van der Waals surface area (Å²) in [5, 5.41) is 2.90. The van der Waals surface area contributed by atoms with Crippen LogP contribution in [0, 0.1) is 5.82 Å². The fourth-order valence-electron chi connectivity index (χ4n) is 2.60. The van der Waals surface area contributed by atoms with Crippen LogP contribution in [0.15, 0.2) is 53.5 Å². The first-order valence-electron chi connectivity index (χ1n) is 7.05. The van der Waals surface area contributed by atoms with Crippen LogP contribution in [0.3, 0.4) is 0 Å². The quantitative estimate of drug-likeness (QED) is 0.802. The van der Waals surface area contributed by atoms with E-state index in [1.807, 2.05) is 18.2 Å². The largest absolute Gasteiger partial charge is 0.297 e. The fraction of sp³-hybridized carbons (Fsp3) is 0.0588. The number of allylic oxidation sites excluding steroid dienone is 4. The second-order valence-corrected chi connectivity index (χ2v) is 5.71. The van der Waals surface area contributed by atoms with Crippen LogP contribution in [0.25, 0.3) is 11.2 Å². The minimum atomic E-state index is -0.477. The van der Waals surface area contributed by atoms with Crippen molar-refractivity contribution in [3.63, 3.8) is 0 Å². The number of aromatic amines is 1. The summed E-state index contributed by atoms with van der Waals surface area (Å²) in [7, 11) is 0. The molecule has 0 fully saturated rings. The predicted molar refractivity (Wildman–Crippen MR) is 87.1 cm³/mol. The van der Waals surface area contributed by atoms with Gasteiger partial charge in [0.1, 0.15) is 5.82 Å². The Morgan fingerprint density at radius 3 is 2.83 bits per heavy atom. The average Bonchev–Trinajstić information content (AvgIpc) is 2.93. The maximum Gasteiger partial charge on any atom is 0.276 e. The lowest BCUT2D eigenvalue weighted by Crippen LogP contribution is -2.23. The van der Waals surface area contributed by atoms with Gasteiger partial charge in [0.2, 0.25) is 0 Å². The summed E-state index contributed by atoms with van der Waals surface area (Å²) in [6.45, 7) is 0. The van der Waals surface area contributed by atoms with Gasteiger partial charge in [0.25, 0.3) is 5.56 Å². The van der Waals surface area contributed by atoms with E-state index in [2.05, 4.69) is 10.1 Å². The van der Waals surface area contributed by atoms with Crippen LogP contribution < -0.4 is 5.56 Å². The smallest absolute Gasteiger partial charge is 0.276 e. The lowest BCUT2D eigenvalue weighted by atomic mass is 9.97. The number of nitrogens with zero attached hydrogens (tertiary/aromatic N) is 2. The predicted octanol–water partition coefficient (Wildman–Crippen LogP) is 3.36. The van der Waals surface area contributed by atoms with Crippen LogP contribution in [0.2, 0.25) is 5.02 Å². The highest BCUT2D eigenvalue weighted by Gasteiger charge is 2.18. The molecule has 3 aromatic rings. The van der Waals surface area contributed by atoms with Gasteiger partial charge in [-0.2, -0.15) is 0 Å². The Kier molecular flexibility index (Phi) is 3.16. The van der Waals surface area contributed by atoms with Gasteiger partial charge in [0, 0.05) is 24.3 Å². The van der Waals surface area contributed by atoms with Crippen molar-refractivity contribution in [2.75, 3.05) is 0 Å². The van der Waals surface area contributed by atoms with Crippen LogP contribution in [-0.2, 0) is 6.42 Å². The molecular weight excluding hydrogens is 317 g/mol. The summed E-state index contributed by atoms with van der Waals surface area (Å²) in [5.41, 5.74) is 3.26. The number of halogens is 2. The number of hydrogen-bond acceptors (Lipinski definition) is 2. The average molecular weight is 328 g/mol. The van der Waals surface area contributed by atoms with Crippen LogP contribution in [0.4, 0.5) is 4.39 Å². The molecule has 114 valence electrons. The van der Waals surface area contributed by atoms with Crippen molar-refractivity contribution in [2.45, 2.75) is 6.42 Å². The van der Waals surface area contributed by atoms with Gasteiger partial charge in [-0.15, -0.1) is 0 Å². The summed E-state index contributed by atoms with van der Waals surface area (Å²) in [6.07, 6.45) is 7.71. The Balaban J connectivity index is 1.88. The molecule has 2 heterocycles. The van der Waals surface area contributed by atoms with Crippen molar-refractivity contribution in [2.24, 2.45) is 0 Å². The van der Waals surface area contributed by atoms with E-state index in [1.54, 1.807) is 18.3 Å². The lowest BCUT2D eigenvalue weighted by Gasteiger charge is -2.13. The summed E-state index contributed by atoms with van der Waals surface area (Å²) in [5.74, 6) is -0.477. The minimum Gasteiger partial charge on any atom is -0.297 e. The van der Waals surface area contributed by atoms with Gasteiger partial charge in [-0.3, -0.25) is 9.89 Å². The molecule has 0 spiro atoms. The second kappa shape index (κ2) is 5.21. The molecule has 0 saturated heterocycles. The van der Waals surface area contributed by atoms with Crippen molar-refractivity contribution in [3.05, 3.63) is 86.7 Å². The van der Waals surface area contributed by atoms with Crippen LogP contribution in [0.1, 0.15) is 16.8 Å². The number of hydrogen-bond donors (Lipinski definition) is 1. The van der Waals surface area contributed by atoms with Crippen molar-refractivity contribution in [3.8, 4) is 0 Å². The van der Waals surface area contributed by atoms with Crippen LogP contribution in [0.5, 0.6) is 0 Å². The zero-order chi connectivity index (χ0) is 16.0. The van der Waals surface area contributed by atoms with Gasteiger partial charge >= 0.3 is 0 Å². The normalized spacial score (nSPS) is 13.2. The first-order valence-corrected chi connectivity index (χ1v) is 7.43.